The molecule has 1 aliphatic heterocycles. The number of nitrogens with one attached hydrogen (secondary N) is 1. The lowest BCUT2D eigenvalue weighted by atomic mass is 10.1. The van der Waals surface area contributed by atoms with Gasteiger partial charge in [0.2, 0.25) is 0 Å². The van der Waals surface area contributed by atoms with Crippen LogP contribution in [0.2, 0.25) is 0 Å². The van der Waals surface area contributed by atoms with Crippen molar-refractivity contribution in [2.24, 2.45) is 0 Å². The molecule has 0 spiro atoms. The normalized spacial score (nSPS) is 21.4. The van der Waals surface area contributed by atoms with Gasteiger partial charge in [0.05, 0.1) is 0 Å². The molecule has 1 heterocycles. The van der Waals surface area contributed by atoms with Crippen LogP contribution in [0.1, 0.15) is 12.5 Å². The SMILES string of the molecule is C[C@@H]1CN(Cc2ccccc2OC(F)(F)F)CCN1. The minimum Gasteiger partial charge on any atom is -0.405 e. The van der Waals surface area contributed by atoms with Crippen LogP contribution in [0.15, 0.2) is 24.3 Å². The van der Waals surface area contributed by atoms with Gasteiger partial charge in [-0.3, -0.25) is 4.90 Å². The van der Waals surface area contributed by atoms with Gasteiger partial charge in [0.1, 0.15) is 5.75 Å². The van der Waals surface area contributed by atoms with Gasteiger partial charge in [0.15, 0.2) is 0 Å². The van der Waals surface area contributed by atoms with E-state index in [4.69, 9.17) is 0 Å². The van der Waals surface area contributed by atoms with Gasteiger partial charge in [-0.2, -0.15) is 0 Å². The quantitative estimate of drug-likeness (QED) is 0.916. The smallest absolute Gasteiger partial charge is 0.405 e. The summed E-state index contributed by atoms with van der Waals surface area (Å²) in [4.78, 5) is 2.12. The van der Waals surface area contributed by atoms with Crippen LogP contribution in [0.25, 0.3) is 0 Å². The van der Waals surface area contributed by atoms with Crippen molar-refractivity contribution in [1.82, 2.24) is 10.2 Å². The van der Waals surface area contributed by atoms with Gasteiger partial charge in [0.25, 0.3) is 0 Å². The highest BCUT2D eigenvalue weighted by Crippen LogP contribution is 2.27. The van der Waals surface area contributed by atoms with E-state index in [0.717, 1.165) is 19.6 Å². The Morgan fingerprint density at radius 3 is 2.79 bits per heavy atom. The van der Waals surface area contributed by atoms with Crippen molar-refractivity contribution in [2.75, 3.05) is 19.6 Å². The highest BCUT2D eigenvalue weighted by Gasteiger charge is 2.32. The predicted octanol–water partition coefficient (Wildman–Crippen LogP) is 2.38. The zero-order valence-corrected chi connectivity index (χ0v) is 10.7. The molecule has 1 atom stereocenters. The Balaban J connectivity index is 2.07. The van der Waals surface area contributed by atoms with E-state index in [2.05, 4.69) is 21.9 Å². The van der Waals surface area contributed by atoms with E-state index in [-0.39, 0.29) is 5.75 Å². The predicted molar refractivity (Wildman–Crippen MR) is 65.9 cm³/mol. The van der Waals surface area contributed by atoms with Gasteiger partial charge in [0, 0.05) is 37.8 Å². The molecule has 0 radical (unpaired) electrons. The number of rotatable bonds is 3. The Bertz CT molecular complexity index is 423. The fraction of sp³-hybridized carbons (Fsp3) is 0.538. The number of hydrogen-bond acceptors (Lipinski definition) is 3. The first-order chi connectivity index (χ1) is 8.94. The molecule has 6 heteroatoms. The van der Waals surface area contributed by atoms with Crippen molar-refractivity contribution in [3.05, 3.63) is 29.8 Å². The maximum absolute atomic E-state index is 12.3. The number of nitrogens with zero attached hydrogens (tertiary/aromatic N) is 1. The Hall–Kier alpha value is -1.27. The molecule has 1 aromatic rings. The minimum atomic E-state index is -4.65. The van der Waals surface area contributed by atoms with E-state index in [1.165, 1.54) is 6.07 Å². The summed E-state index contributed by atoms with van der Waals surface area (Å²) in [5.41, 5.74) is 0.564. The zero-order valence-electron chi connectivity index (χ0n) is 10.7. The Morgan fingerprint density at radius 2 is 2.11 bits per heavy atom. The van der Waals surface area contributed by atoms with Crippen LogP contribution in [0.3, 0.4) is 0 Å². The molecule has 1 fully saturated rings. The molecule has 0 unspecified atom stereocenters. The summed E-state index contributed by atoms with van der Waals surface area (Å²) in [7, 11) is 0. The molecule has 0 amide bonds. The van der Waals surface area contributed by atoms with Crippen LogP contribution >= 0.6 is 0 Å². The van der Waals surface area contributed by atoms with E-state index in [1.807, 2.05) is 0 Å². The monoisotopic (exact) mass is 274 g/mol. The molecule has 1 aliphatic rings. The van der Waals surface area contributed by atoms with Crippen molar-refractivity contribution in [1.29, 1.82) is 0 Å². The number of alkyl halides is 3. The second-order valence-corrected chi connectivity index (χ2v) is 4.75. The van der Waals surface area contributed by atoms with E-state index in [0.29, 0.717) is 18.2 Å². The van der Waals surface area contributed by atoms with Crippen LogP contribution in [-0.4, -0.2) is 36.9 Å². The summed E-state index contributed by atoms with van der Waals surface area (Å²) in [5.74, 6) is -0.110. The third-order valence-electron chi connectivity index (χ3n) is 3.05. The average Bonchev–Trinajstić information content (AvgIpc) is 2.30. The summed E-state index contributed by atoms with van der Waals surface area (Å²) in [6, 6.07) is 6.65. The molecule has 1 saturated heterocycles. The number of hydrogen-bond donors (Lipinski definition) is 1. The number of halogens is 3. The van der Waals surface area contributed by atoms with Gasteiger partial charge in [-0.05, 0) is 13.0 Å². The first-order valence-corrected chi connectivity index (χ1v) is 6.23. The minimum absolute atomic E-state index is 0.110. The fourth-order valence-electron chi connectivity index (χ4n) is 2.26. The standard InChI is InChI=1S/C13H17F3N2O/c1-10-8-18(7-6-17-10)9-11-4-2-3-5-12(11)19-13(14,15)16/h2-5,10,17H,6-9H2,1H3/t10-/m1/s1. The molecule has 0 bridgehead atoms. The number of piperazine rings is 1. The molecule has 0 saturated carbocycles. The molecular weight excluding hydrogens is 257 g/mol. The highest BCUT2D eigenvalue weighted by molar-refractivity contribution is 5.33. The average molecular weight is 274 g/mol. The number of para-hydroxylation sites is 1. The first-order valence-electron chi connectivity index (χ1n) is 6.23. The van der Waals surface area contributed by atoms with Crippen molar-refractivity contribution >= 4 is 0 Å². The van der Waals surface area contributed by atoms with E-state index < -0.39 is 6.36 Å². The van der Waals surface area contributed by atoms with Crippen LogP contribution in [0, 0.1) is 0 Å². The Morgan fingerprint density at radius 1 is 1.37 bits per heavy atom. The first kappa shape index (κ1) is 14.1. The van der Waals surface area contributed by atoms with Gasteiger partial charge >= 0.3 is 6.36 Å². The molecule has 3 nitrogen and oxygen atoms in total. The molecule has 2 rings (SSSR count). The highest BCUT2D eigenvalue weighted by atomic mass is 19.4. The van der Waals surface area contributed by atoms with Gasteiger partial charge in [-0.1, -0.05) is 18.2 Å². The van der Waals surface area contributed by atoms with Gasteiger partial charge in [-0.25, -0.2) is 0 Å². The molecule has 0 aromatic heterocycles. The summed E-state index contributed by atoms with van der Waals surface area (Å²) >= 11 is 0. The van der Waals surface area contributed by atoms with E-state index in [1.54, 1.807) is 18.2 Å². The van der Waals surface area contributed by atoms with Crippen molar-refractivity contribution in [3.8, 4) is 5.75 Å². The van der Waals surface area contributed by atoms with E-state index in [9.17, 15) is 13.2 Å². The number of benzene rings is 1. The molecule has 0 aliphatic carbocycles. The Kier molecular flexibility index (Phi) is 4.31. The zero-order chi connectivity index (χ0) is 13.9. The van der Waals surface area contributed by atoms with Crippen molar-refractivity contribution in [2.45, 2.75) is 25.9 Å². The molecule has 1 aromatic carbocycles. The molecule has 1 N–H and O–H groups in total. The lowest BCUT2D eigenvalue weighted by Crippen LogP contribution is -2.48. The third-order valence-corrected chi connectivity index (χ3v) is 3.05. The third kappa shape index (κ3) is 4.40. The fourth-order valence-corrected chi connectivity index (χ4v) is 2.26. The van der Waals surface area contributed by atoms with E-state index >= 15 is 0 Å². The summed E-state index contributed by atoms with van der Waals surface area (Å²) in [6.45, 7) is 5.02. The van der Waals surface area contributed by atoms with Gasteiger partial charge < -0.3 is 10.1 Å². The van der Waals surface area contributed by atoms with Crippen molar-refractivity contribution in [3.63, 3.8) is 0 Å². The second kappa shape index (κ2) is 5.79. The topological polar surface area (TPSA) is 24.5 Å². The summed E-state index contributed by atoms with van der Waals surface area (Å²) < 4.78 is 41.0. The molecule has 19 heavy (non-hydrogen) atoms. The lowest BCUT2D eigenvalue weighted by Gasteiger charge is -2.32. The maximum atomic E-state index is 12.3. The summed E-state index contributed by atoms with van der Waals surface area (Å²) in [6.07, 6.45) is -4.65. The maximum Gasteiger partial charge on any atom is 0.573 e. The van der Waals surface area contributed by atoms with Crippen LogP contribution in [0.5, 0.6) is 5.75 Å². The van der Waals surface area contributed by atoms with Gasteiger partial charge in [-0.15, -0.1) is 13.2 Å². The Labute approximate surface area is 110 Å². The largest absolute Gasteiger partial charge is 0.573 e. The van der Waals surface area contributed by atoms with Crippen LogP contribution < -0.4 is 10.1 Å². The second-order valence-electron chi connectivity index (χ2n) is 4.75. The molecular formula is C13H17F3N2O. The number of ether oxygens (including phenoxy) is 1. The van der Waals surface area contributed by atoms with Crippen LogP contribution in [-0.2, 0) is 6.54 Å². The lowest BCUT2D eigenvalue weighted by molar-refractivity contribution is -0.275. The van der Waals surface area contributed by atoms with Crippen molar-refractivity contribution < 1.29 is 17.9 Å². The summed E-state index contributed by atoms with van der Waals surface area (Å²) in [5, 5.41) is 3.30. The molecule has 106 valence electrons. The van der Waals surface area contributed by atoms with Crippen LogP contribution in [0.4, 0.5) is 13.2 Å².